The third kappa shape index (κ3) is 4.93. The van der Waals surface area contributed by atoms with Crippen molar-refractivity contribution in [1.82, 2.24) is 0 Å². The molecule has 2 unspecified atom stereocenters. The third-order valence-electron chi connectivity index (χ3n) is 4.47. The van der Waals surface area contributed by atoms with E-state index >= 15 is 0 Å². The van der Waals surface area contributed by atoms with Crippen LogP contribution in [0.15, 0.2) is 24.3 Å². The fourth-order valence-electron chi connectivity index (χ4n) is 3.03. The molecular formula is C18H29NOS. The van der Waals surface area contributed by atoms with Crippen LogP contribution in [0, 0.1) is 5.92 Å². The molecule has 3 heteroatoms. The molecule has 1 aromatic rings. The normalized spacial score (nSPS) is 19.6. The van der Waals surface area contributed by atoms with Crippen LogP contribution >= 0.6 is 0 Å². The van der Waals surface area contributed by atoms with Crippen LogP contribution in [-0.2, 0) is 16.2 Å². The first-order valence-electron chi connectivity index (χ1n) is 8.07. The van der Waals surface area contributed by atoms with Crippen LogP contribution in [-0.4, -0.2) is 15.7 Å². The summed E-state index contributed by atoms with van der Waals surface area (Å²) in [5.74, 6) is 2.10. The van der Waals surface area contributed by atoms with Gasteiger partial charge in [0.2, 0.25) is 0 Å². The van der Waals surface area contributed by atoms with Crippen molar-refractivity contribution in [3.63, 3.8) is 0 Å². The van der Waals surface area contributed by atoms with Crippen molar-refractivity contribution in [2.24, 2.45) is 11.7 Å². The summed E-state index contributed by atoms with van der Waals surface area (Å²) in [4.78, 5) is 0. The van der Waals surface area contributed by atoms with E-state index in [0.29, 0.717) is 11.7 Å². The largest absolute Gasteiger partial charge is 0.323 e. The monoisotopic (exact) mass is 307 g/mol. The van der Waals surface area contributed by atoms with Crippen molar-refractivity contribution in [1.29, 1.82) is 0 Å². The second-order valence-corrected chi connectivity index (χ2v) is 8.95. The summed E-state index contributed by atoms with van der Waals surface area (Å²) in [7, 11) is -0.788. The van der Waals surface area contributed by atoms with Crippen molar-refractivity contribution in [3.8, 4) is 0 Å². The Morgan fingerprint density at radius 1 is 1.19 bits per heavy atom. The second-order valence-electron chi connectivity index (χ2n) is 7.40. The van der Waals surface area contributed by atoms with Gasteiger partial charge in [0.25, 0.3) is 0 Å². The molecular weight excluding hydrogens is 278 g/mol. The molecule has 2 rings (SSSR count). The molecule has 21 heavy (non-hydrogen) atoms. The zero-order valence-corrected chi connectivity index (χ0v) is 14.4. The standard InChI is InChI=1S/C18H29NOS/c1-18(2,3)16-10-8-15(9-11-16)17(19)13-21(20)12-14-6-4-5-7-14/h8-11,14,17H,4-7,12-13,19H2,1-3H3. The highest BCUT2D eigenvalue weighted by Crippen LogP contribution is 2.26. The number of rotatable bonds is 5. The lowest BCUT2D eigenvalue weighted by molar-refractivity contribution is 0.589. The summed E-state index contributed by atoms with van der Waals surface area (Å²) in [5, 5.41) is 0. The van der Waals surface area contributed by atoms with Gasteiger partial charge in [-0.15, -0.1) is 0 Å². The van der Waals surface area contributed by atoms with Crippen molar-refractivity contribution >= 4 is 10.8 Å². The fraction of sp³-hybridized carbons (Fsp3) is 0.667. The topological polar surface area (TPSA) is 43.1 Å². The highest BCUT2D eigenvalue weighted by molar-refractivity contribution is 7.85. The third-order valence-corrected chi connectivity index (χ3v) is 6.04. The van der Waals surface area contributed by atoms with Gasteiger partial charge in [0.15, 0.2) is 0 Å². The van der Waals surface area contributed by atoms with E-state index in [1.807, 2.05) is 0 Å². The van der Waals surface area contributed by atoms with E-state index in [0.717, 1.165) is 11.3 Å². The average molecular weight is 308 g/mol. The Bertz CT molecular complexity index is 469. The molecule has 1 saturated carbocycles. The van der Waals surface area contributed by atoms with Crippen LogP contribution in [0.2, 0.25) is 0 Å². The van der Waals surface area contributed by atoms with Crippen LogP contribution in [0.3, 0.4) is 0 Å². The summed E-state index contributed by atoms with van der Waals surface area (Å²) >= 11 is 0. The molecule has 1 aliphatic rings. The van der Waals surface area contributed by atoms with Gasteiger partial charge in [-0.2, -0.15) is 0 Å². The highest BCUT2D eigenvalue weighted by Gasteiger charge is 2.20. The molecule has 0 bridgehead atoms. The van der Waals surface area contributed by atoms with Gasteiger partial charge in [0.05, 0.1) is 0 Å². The number of benzene rings is 1. The summed E-state index contributed by atoms with van der Waals surface area (Å²) in [5.41, 5.74) is 8.81. The SMILES string of the molecule is CC(C)(C)c1ccc(C(N)CS(=O)CC2CCCC2)cc1. The summed E-state index contributed by atoms with van der Waals surface area (Å²) in [6.45, 7) is 6.62. The molecule has 2 atom stereocenters. The predicted octanol–water partition coefficient (Wildman–Crippen LogP) is 3.92. The molecule has 2 nitrogen and oxygen atoms in total. The number of hydrogen-bond acceptors (Lipinski definition) is 2. The smallest absolute Gasteiger partial charge is 0.0428 e. The lowest BCUT2D eigenvalue weighted by atomic mass is 9.86. The van der Waals surface area contributed by atoms with Gasteiger partial charge in [0.1, 0.15) is 0 Å². The van der Waals surface area contributed by atoms with Gasteiger partial charge in [-0.3, -0.25) is 4.21 Å². The summed E-state index contributed by atoms with van der Waals surface area (Å²) in [6, 6.07) is 8.38. The van der Waals surface area contributed by atoms with Gasteiger partial charge in [-0.1, -0.05) is 57.9 Å². The molecule has 1 aliphatic carbocycles. The Morgan fingerprint density at radius 2 is 1.76 bits per heavy atom. The van der Waals surface area contributed by atoms with E-state index in [4.69, 9.17) is 5.73 Å². The van der Waals surface area contributed by atoms with Crippen LogP contribution in [0.5, 0.6) is 0 Å². The summed E-state index contributed by atoms with van der Waals surface area (Å²) in [6.07, 6.45) is 5.12. The first-order chi connectivity index (χ1) is 9.86. The first-order valence-corrected chi connectivity index (χ1v) is 9.56. The van der Waals surface area contributed by atoms with Crippen LogP contribution < -0.4 is 5.73 Å². The molecule has 1 aromatic carbocycles. The molecule has 0 heterocycles. The minimum Gasteiger partial charge on any atom is -0.323 e. The highest BCUT2D eigenvalue weighted by atomic mass is 32.2. The van der Waals surface area contributed by atoms with Crippen molar-refractivity contribution < 1.29 is 4.21 Å². The van der Waals surface area contributed by atoms with E-state index in [1.165, 1.54) is 31.2 Å². The maximum atomic E-state index is 12.2. The van der Waals surface area contributed by atoms with E-state index in [1.54, 1.807) is 0 Å². The van der Waals surface area contributed by atoms with Gasteiger partial charge in [0, 0.05) is 28.3 Å². The van der Waals surface area contributed by atoms with E-state index in [9.17, 15) is 4.21 Å². The first kappa shape index (κ1) is 16.7. The maximum Gasteiger partial charge on any atom is 0.0428 e. The van der Waals surface area contributed by atoms with Crippen LogP contribution in [0.25, 0.3) is 0 Å². The molecule has 0 saturated heterocycles. The quantitative estimate of drug-likeness (QED) is 0.896. The zero-order valence-electron chi connectivity index (χ0n) is 13.6. The van der Waals surface area contributed by atoms with Gasteiger partial charge < -0.3 is 5.73 Å². The molecule has 0 radical (unpaired) electrons. The fourth-order valence-corrected chi connectivity index (χ4v) is 4.62. The number of nitrogens with two attached hydrogens (primary N) is 1. The molecule has 0 aliphatic heterocycles. The molecule has 0 spiro atoms. The second kappa shape index (κ2) is 7.06. The Kier molecular flexibility index (Phi) is 5.61. The van der Waals surface area contributed by atoms with Crippen LogP contribution in [0.1, 0.15) is 63.6 Å². The van der Waals surface area contributed by atoms with Gasteiger partial charge in [-0.05, 0) is 35.3 Å². The lowest BCUT2D eigenvalue weighted by Crippen LogP contribution is -2.22. The molecule has 1 fully saturated rings. The Labute approximate surface area is 132 Å². The average Bonchev–Trinajstić information content (AvgIpc) is 2.90. The van der Waals surface area contributed by atoms with Crippen molar-refractivity contribution in [2.45, 2.75) is 57.9 Å². The summed E-state index contributed by atoms with van der Waals surface area (Å²) < 4.78 is 12.2. The van der Waals surface area contributed by atoms with Crippen molar-refractivity contribution in [2.75, 3.05) is 11.5 Å². The Morgan fingerprint density at radius 3 is 2.29 bits per heavy atom. The maximum absolute atomic E-state index is 12.2. The van der Waals surface area contributed by atoms with Gasteiger partial charge in [-0.25, -0.2) is 0 Å². The minimum atomic E-state index is -0.788. The zero-order chi connectivity index (χ0) is 15.5. The molecule has 118 valence electrons. The molecule has 2 N–H and O–H groups in total. The van der Waals surface area contributed by atoms with E-state index in [2.05, 4.69) is 45.0 Å². The predicted molar refractivity (Wildman–Crippen MR) is 91.9 cm³/mol. The minimum absolute atomic E-state index is 0.110. The number of hydrogen-bond donors (Lipinski definition) is 1. The lowest BCUT2D eigenvalue weighted by Gasteiger charge is -2.20. The Balaban J connectivity index is 1.90. The van der Waals surface area contributed by atoms with Crippen LogP contribution in [0.4, 0.5) is 0 Å². The molecule has 0 amide bonds. The van der Waals surface area contributed by atoms with Gasteiger partial charge >= 0.3 is 0 Å². The van der Waals surface area contributed by atoms with E-state index in [-0.39, 0.29) is 11.5 Å². The Hall–Kier alpha value is -0.670. The van der Waals surface area contributed by atoms with Crippen molar-refractivity contribution in [3.05, 3.63) is 35.4 Å². The van der Waals surface area contributed by atoms with E-state index < -0.39 is 10.8 Å². The molecule has 0 aromatic heterocycles.